The lowest BCUT2D eigenvalue weighted by Gasteiger charge is -2.32. The molecular formula is C16H18N4O3S2. The van der Waals surface area contributed by atoms with Gasteiger partial charge >= 0.3 is 0 Å². The molecule has 2 aromatic rings. The minimum Gasteiger partial charge on any atom is -0.326 e. The molecule has 9 heteroatoms. The molecule has 0 saturated heterocycles. The van der Waals surface area contributed by atoms with E-state index in [0.717, 1.165) is 23.4 Å². The van der Waals surface area contributed by atoms with Crippen molar-refractivity contribution in [3.05, 3.63) is 28.8 Å². The van der Waals surface area contributed by atoms with Crippen molar-refractivity contribution < 1.29 is 13.2 Å². The monoisotopic (exact) mass is 378 g/mol. The van der Waals surface area contributed by atoms with Crippen molar-refractivity contribution in [3.8, 4) is 0 Å². The Kier molecular flexibility index (Phi) is 3.62. The smallest absolute Gasteiger partial charge is 0.263 e. The molecule has 0 atom stereocenters. The lowest BCUT2D eigenvalue weighted by Crippen LogP contribution is -2.32. The number of fused-ring (bicyclic) bond motifs is 1. The van der Waals surface area contributed by atoms with Crippen molar-refractivity contribution in [2.24, 2.45) is 0 Å². The molecule has 0 unspecified atom stereocenters. The Labute approximate surface area is 149 Å². The molecule has 0 spiro atoms. The van der Waals surface area contributed by atoms with Gasteiger partial charge in [-0.1, -0.05) is 25.2 Å². The number of rotatable bonds is 4. The second kappa shape index (κ2) is 5.50. The van der Waals surface area contributed by atoms with E-state index in [1.165, 1.54) is 17.4 Å². The maximum atomic E-state index is 12.7. The SMILES string of the molecule is CC1(C)CC(=O)Nc2ccc(S(=O)(=O)Nc3nnc(C4CC4)s3)cc21. The van der Waals surface area contributed by atoms with Gasteiger partial charge in [-0.2, -0.15) is 0 Å². The third-order valence-electron chi connectivity index (χ3n) is 4.50. The number of nitrogens with one attached hydrogen (secondary N) is 2. The van der Waals surface area contributed by atoms with Crippen molar-refractivity contribution in [2.75, 3.05) is 10.0 Å². The summed E-state index contributed by atoms with van der Waals surface area (Å²) < 4.78 is 27.9. The van der Waals surface area contributed by atoms with Gasteiger partial charge in [0.15, 0.2) is 0 Å². The highest BCUT2D eigenvalue weighted by molar-refractivity contribution is 7.93. The normalized spacial score (nSPS) is 19.2. The first-order valence-corrected chi connectivity index (χ1v) is 10.4. The van der Waals surface area contributed by atoms with Crippen molar-refractivity contribution in [1.82, 2.24) is 10.2 Å². The van der Waals surface area contributed by atoms with Gasteiger partial charge in [-0.05, 0) is 36.6 Å². The van der Waals surface area contributed by atoms with E-state index in [9.17, 15) is 13.2 Å². The average Bonchev–Trinajstić information content (AvgIpc) is 3.26. The van der Waals surface area contributed by atoms with E-state index < -0.39 is 15.4 Å². The summed E-state index contributed by atoms with van der Waals surface area (Å²) in [6.45, 7) is 3.86. The van der Waals surface area contributed by atoms with Gasteiger partial charge < -0.3 is 5.32 Å². The van der Waals surface area contributed by atoms with Gasteiger partial charge in [0.2, 0.25) is 11.0 Å². The fourth-order valence-corrected chi connectivity index (χ4v) is 5.16. The minimum atomic E-state index is -3.76. The number of benzene rings is 1. The highest BCUT2D eigenvalue weighted by Crippen LogP contribution is 2.42. The van der Waals surface area contributed by atoms with E-state index >= 15 is 0 Å². The van der Waals surface area contributed by atoms with Crippen LogP contribution in [0.25, 0.3) is 0 Å². The van der Waals surface area contributed by atoms with Crippen LogP contribution in [0.5, 0.6) is 0 Å². The fraction of sp³-hybridized carbons (Fsp3) is 0.438. The quantitative estimate of drug-likeness (QED) is 0.852. The number of anilines is 2. The molecule has 2 N–H and O–H groups in total. The second-order valence-corrected chi connectivity index (χ2v) is 9.83. The van der Waals surface area contributed by atoms with Gasteiger partial charge in [0.25, 0.3) is 10.0 Å². The standard InChI is InChI=1S/C16H18N4O3S2/c1-16(2)8-13(21)17-12-6-5-10(7-11(12)16)25(22,23)20-15-19-18-14(24-15)9-3-4-9/h5-7,9H,3-4,8H2,1-2H3,(H,17,21)(H,19,20). The van der Waals surface area contributed by atoms with E-state index in [1.54, 1.807) is 12.1 Å². The fourth-order valence-electron chi connectivity index (χ4n) is 3.00. The summed E-state index contributed by atoms with van der Waals surface area (Å²) in [5.74, 6) is 0.372. The Morgan fingerprint density at radius 2 is 2.04 bits per heavy atom. The van der Waals surface area contributed by atoms with Crippen LogP contribution in [0.15, 0.2) is 23.1 Å². The van der Waals surface area contributed by atoms with Crippen molar-refractivity contribution >= 4 is 38.1 Å². The Balaban J connectivity index is 1.65. The van der Waals surface area contributed by atoms with Crippen LogP contribution >= 0.6 is 11.3 Å². The molecule has 1 saturated carbocycles. The summed E-state index contributed by atoms with van der Waals surface area (Å²) in [4.78, 5) is 11.9. The van der Waals surface area contributed by atoms with Crippen LogP contribution in [0, 0.1) is 0 Å². The van der Waals surface area contributed by atoms with E-state index in [2.05, 4.69) is 20.2 Å². The van der Waals surface area contributed by atoms with Crippen LogP contribution in [-0.4, -0.2) is 24.5 Å². The number of carbonyl (C=O) groups is 1. The summed E-state index contributed by atoms with van der Waals surface area (Å²) in [5.41, 5.74) is 1.04. The Morgan fingerprint density at radius 3 is 2.76 bits per heavy atom. The van der Waals surface area contributed by atoms with Gasteiger partial charge in [0, 0.05) is 23.4 Å². The molecule has 1 aliphatic carbocycles. The number of carbonyl (C=O) groups excluding carboxylic acids is 1. The van der Waals surface area contributed by atoms with Gasteiger partial charge in [0.1, 0.15) is 5.01 Å². The molecule has 2 aliphatic rings. The van der Waals surface area contributed by atoms with Crippen molar-refractivity contribution in [1.29, 1.82) is 0 Å². The molecular weight excluding hydrogens is 360 g/mol. The molecule has 25 heavy (non-hydrogen) atoms. The molecule has 0 bridgehead atoms. The Morgan fingerprint density at radius 1 is 1.28 bits per heavy atom. The van der Waals surface area contributed by atoms with E-state index in [-0.39, 0.29) is 15.9 Å². The highest BCUT2D eigenvalue weighted by Gasteiger charge is 2.33. The first-order chi connectivity index (χ1) is 11.7. The van der Waals surface area contributed by atoms with Gasteiger partial charge in [-0.25, -0.2) is 8.42 Å². The van der Waals surface area contributed by atoms with E-state index in [1.807, 2.05) is 13.8 Å². The number of sulfonamides is 1. The summed E-state index contributed by atoms with van der Waals surface area (Å²) in [5, 5.41) is 11.9. The van der Waals surface area contributed by atoms with Gasteiger partial charge in [-0.15, -0.1) is 10.2 Å². The van der Waals surface area contributed by atoms with Gasteiger partial charge in [-0.3, -0.25) is 9.52 Å². The highest BCUT2D eigenvalue weighted by atomic mass is 32.2. The minimum absolute atomic E-state index is 0.0623. The molecule has 7 nitrogen and oxygen atoms in total. The molecule has 1 amide bonds. The van der Waals surface area contributed by atoms with Crippen LogP contribution in [0.3, 0.4) is 0 Å². The number of amides is 1. The lowest BCUT2D eigenvalue weighted by atomic mass is 9.78. The Hall–Kier alpha value is -2.00. The average molecular weight is 378 g/mol. The van der Waals surface area contributed by atoms with Crippen LogP contribution < -0.4 is 10.0 Å². The lowest BCUT2D eigenvalue weighted by molar-refractivity contribution is -0.117. The zero-order valence-electron chi connectivity index (χ0n) is 13.9. The molecule has 1 aromatic heterocycles. The van der Waals surface area contributed by atoms with Crippen LogP contribution in [0.4, 0.5) is 10.8 Å². The number of nitrogens with zero attached hydrogens (tertiary/aromatic N) is 2. The maximum absolute atomic E-state index is 12.7. The zero-order chi connectivity index (χ0) is 17.8. The van der Waals surface area contributed by atoms with E-state index in [4.69, 9.17) is 0 Å². The zero-order valence-corrected chi connectivity index (χ0v) is 15.5. The molecule has 1 fully saturated rings. The number of hydrogen-bond acceptors (Lipinski definition) is 6. The summed E-state index contributed by atoms with van der Waals surface area (Å²) >= 11 is 1.28. The third-order valence-corrected chi connectivity index (χ3v) is 6.96. The molecule has 1 aliphatic heterocycles. The summed E-state index contributed by atoms with van der Waals surface area (Å²) in [6.07, 6.45) is 2.50. The summed E-state index contributed by atoms with van der Waals surface area (Å²) in [6, 6.07) is 4.75. The molecule has 0 radical (unpaired) electrons. The second-order valence-electron chi connectivity index (χ2n) is 7.14. The Bertz CT molecular complexity index is 962. The van der Waals surface area contributed by atoms with Crippen LogP contribution in [0.1, 0.15) is 49.6 Å². The van der Waals surface area contributed by atoms with Crippen LogP contribution in [-0.2, 0) is 20.2 Å². The predicted molar refractivity (Wildman–Crippen MR) is 95.4 cm³/mol. The molecule has 1 aromatic carbocycles. The molecule has 2 heterocycles. The van der Waals surface area contributed by atoms with E-state index in [0.29, 0.717) is 18.0 Å². The predicted octanol–water partition coefficient (Wildman–Crippen LogP) is 2.84. The number of aromatic nitrogens is 2. The largest absolute Gasteiger partial charge is 0.326 e. The third kappa shape index (κ3) is 3.13. The van der Waals surface area contributed by atoms with Crippen molar-refractivity contribution in [2.45, 2.75) is 49.3 Å². The number of hydrogen-bond donors (Lipinski definition) is 2. The van der Waals surface area contributed by atoms with Crippen LogP contribution in [0.2, 0.25) is 0 Å². The first-order valence-electron chi connectivity index (χ1n) is 8.05. The topological polar surface area (TPSA) is 101 Å². The molecule has 4 rings (SSSR count). The molecule has 132 valence electrons. The van der Waals surface area contributed by atoms with Crippen molar-refractivity contribution in [3.63, 3.8) is 0 Å². The summed E-state index contributed by atoms with van der Waals surface area (Å²) in [7, 11) is -3.76. The van der Waals surface area contributed by atoms with Gasteiger partial charge in [0.05, 0.1) is 4.90 Å². The first kappa shape index (κ1) is 16.5. The maximum Gasteiger partial charge on any atom is 0.263 e.